The summed E-state index contributed by atoms with van der Waals surface area (Å²) in [6, 6.07) is 5.89. The van der Waals surface area contributed by atoms with Gasteiger partial charge in [0.2, 0.25) is 5.91 Å². The lowest BCUT2D eigenvalue weighted by atomic mass is 10.1. The lowest BCUT2D eigenvalue weighted by Crippen LogP contribution is -2.43. The van der Waals surface area contributed by atoms with Gasteiger partial charge in [0.15, 0.2) is 5.69 Å². The third-order valence-corrected chi connectivity index (χ3v) is 4.05. The van der Waals surface area contributed by atoms with Crippen LogP contribution in [-0.4, -0.2) is 35.7 Å². The van der Waals surface area contributed by atoms with Gasteiger partial charge >= 0.3 is 5.69 Å². The number of H-pyrrole nitrogens is 1. The number of amides is 1. The first kappa shape index (κ1) is 20.4. The van der Waals surface area contributed by atoms with Crippen molar-refractivity contribution in [3.63, 3.8) is 0 Å². The molecule has 0 bridgehead atoms. The maximum Gasteiger partial charge on any atom is 0.330 e. The minimum atomic E-state index is -0.775. The van der Waals surface area contributed by atoms with Crippen molar-refractivity contribution in [1.82, 2.24) is 9.55 Å². The standard InChI is InChI=1S/C18H23FN4O4/c1-3-8-23-16(20)15(17(25)21-18(23)26)22(9-10-27-2)14(24)11-12-6-4-5-7-13(12)19/h4-7H,3,8-11,20H2,1-2H3,(H,21,25,26). The molecule has 9 heteroatoms. The fraction of sp³-hybridized carbons (Fsp3) is 0.389. The number of nitrogens with zero attached hydrogens (tertiary/aromatic N) is 2. The summed E-state index contributed by atoms with van der Waals surface area (Å²) in [5.41, 5.74) is 4.68. The van der Waals surface area contributed by atoms with E-state index in [9.17, 15) is 18.8 Å². The molecule has 0 aliphatic carbocycles. The zero-order chi connectivity index (χ0) is 20.0. The van der Waals surface area contributed by atoms with Crippen LogP contribution in [0.25, 0.3) is 0 Å². The number of hydrogen-bond acceptors (Lipinski definition) is 5. The molecule has 0 saturated carbocycles. The number of nitrogen functional groups attached to an aromatic ring is 1. The lowest BCUT2D eigenvalue weighted by Gasteiger charge is -2.24. The maximum atomic E-state index is 13.9. The molecule has 0 aliphatic rings. The molecular formula is C18H23FN4O4. The van der Waals surface area contributed by atoms with E-state index >= 15 is 0 Å². The molecule has 0 spiro atoms. The summed E-state index contributed by atoms with van der Waals surface area (Å²) in [4.78, 5) is 40.5. The van der Waals surface area contributed by atoms with Crippen LogP contribution >= 0.6 is 0 Å². The van der Waals surface area contributed by atoms with Crippen LogP contribution in [0.2, 0.25) is 0 Å². The smallest absolute Gasteiger partial charge is 0.330 e. The number of aromatic amines is 1. The van der Waals surface area contributed by atoms with Gasteiger partial charge in [-0.1, -0.05) is 25.1 Å². The van der Waals surface area contributed by atoms with Gasteiger partial charge in [0.1, 0.15) is 11.6 Å². The number of anilines is 2. The van der Waals surface area contributed by atoms with Crippen LogP contribution < -0.4 is 21.9 Å². The predicted octanol–water partition coefficient (Wildman–Crippen LogP) is 0.890. The van der Waals surface area contributed by atoms with Crippen molar-refractivity contribution in [2.45, 2.75) is 26.3 Å². The molecule has 0 fully saturated rings. The lowest BCUT2D eigenvalue weighted by molar-refractivity contribution is -0.118. The highest BCUT2D eigenvalue weighted by Gasteiger charge is 2.24. The first-order valence-corrected chi connectivity index (χ1v) is 8.56. The summed E-state index contributed by atoms with van der Waals surface area (Å²) in [6.07, 6.45) is 0.346. The van der Waals surface area contributed by atoms with Crippen molar-refractivity contribution in [3.05, 3.63) is 56.5 Å². The molecular weight excluding hydrogens is 355 g/mol. The van der Waals surface area contributed by atoms with E-state index in [4.69, 9.17) is 10.5 Å². The molecule has 8 nitrogen and oxygen atoms in total. The van der Waals surface area contributed by atoms with Gasteiger partial charge in [-0.15, -0.1) is 0 Å². The van der Waals surface area contributed by atoms with E-state index in [1.165, 1.54) is 29.9 Å². The molecule has 0 aliphatic heterocycles. The molecule has 0 saturated heterocycles. The Morgan fingerprint density at radius 1 is 1.33 bits per heavy atom. The van der Waals surface area contributed by atoms with Gasteiger partial charge in [-0.2, -0.15) is 0 Å². The number of nitrogens with two attached hydrogens (primary N) is 1. The van der Waals surface area contributed by atoms with Crippen molar-refractivity contribution in [3.8, 4) is 0 Å². The summed E-state index contributed by atoms with van der Waals surface area (Å²) in [5, 5.41) is 0. The summed E-state index contributed by atoms with van der Waals surface area (Å²) in [7, 11) is 1.45. The molecule has 146 valence electrons. The van der Waals surface area contributed by atoms with Crippen molar-refractivity contribution < 1.29 is 13.9 Å². The van der Waals surface area contributed by atoms with Crippen LogP contribution in [0, 0.1) is 5.82 Å². The van der Waals surface area contributed by atoms with Gasteiger partial charge in [-0.05, 0) is 18.1 Å². The first-order valence-electron chi connectivity index (χ1n) is 8.56. The van der Waals surface area contributed by atoms with E-state index in [0.717, 1.165) is 4.90 Å². The third-order valence-electron chi connectivity index (χ3n) is 4.05. The molecule has 1 heterocycles. The first-order chi connectivity index (χ1) is 12.9. The molecule has 0 unspecified atom stereocenters. The number of rotatable bonds is 8. The van der Waals surface area contributed by atoms with Gasteiger partial charge in [-0.25, -0.2) is 9.18 Å². The second-order valence-electron chi connectivity index (χ2n) is 5.95. The quantitative estimate of drug-likeness (QED) is 0.709. The van der Waals surface area contributed by atoms with Crippen LogP contribution in [0.1, 0.15) is 18.9 Å². The zero-order valence-corrected chi connectivity index (χ0v) is 15.3. The van der Waals surface area contributed by atoms with Crippen molar-refractivity contribution in [2.24, 2.45) is 0 Å². The average Bonchev–Trinajstić information content (AvgIpc) is 2.63. The van der Waals surface area contributed by atoms with Gasteiger partial charge in [0.05, 0.1) is 13.0 Å². The number of aromatic nitrogens is 2. The van der Waals surface area contributed by atoms with E-state index in [2.05, 4.69) is 4.98 Å². The van der Waals surface area contributed by atoms with Crippen LogP contribution in [-0.2, 0) is 22.5 Å². The fourth-order valence-electron chi connectivity index (χ4n) is 2.73. The Labute approximate surface area is 155 Å². The molecule has 27 heavy (non-hydrogen) atoms. The molecule has 1 aromatic heterocycles. The van der Waals surface area contributed by atoms with E-state index in [1.54, 1.807) is 6.07 Å². The summed E-state index contributed by atoms with van der Waals surface area (Å²) in [6.45, 7) is 2.30. The largest absolute Gasteiger partial charge is 0.383 e. The topological polar surface area (TPSA) is 110 Å². The monoisotopic (exact) mass is 378 g/mol. The average molecular weight is 378 g/mol. The maximum absolute atomic E-state index is 13.9. The van der Waals surface area contributed by atoms with Crippen molar-refractivity contribution in [1.29, 1.82) is 0 Å². The molecule has 0 atom stereocenters. The van der Waals surface area contributed by atoms with Crippen molar-refractivity contribution >= 4 is 17.4 Å². The van der Waals surface area contributed by atoms with Gasteiger partial charge in [-0.3, -0.25) is 19.1 Å². The van der Waals surface area contributed by atoms with Gasteiger partial charge in [0.25, 0.3) is 5.56 Å². The number of hydrogen-bond donors (Lipinski definition) is 2. The second-order valence-corrected chi connectivity index (χ2v) is 5.95. The number of carbonyl (C=O) groups excluding carboxylic acids is 1. The summed E-state index contributed by atoms with van der Waals surface area (Å²) >= 11 is 0. The van der Waals surface area contributed by atoms with Gasteiger partial charge in [0, 0.05) is 20.2 Å². The highest BCUT2D eigenvalue weighted by Crippen LogP contribution is 2.19. The molecule has 1 aromatic carbocycles. The number of carbonyl (C=O) groups is 1. The van der Waals surface area contributed by atoms with E-state index in [-0.39, 0.29) is 43.2 Å². The third kappa shape index (κ3) is 4.62. The molecule has 2 aromatic rings. The fourth-order valence-corrected chi connectivity index (χ4v) is 2.73. The van der Waals surface area contributed by atoms with Crippen LogP contribution in [0.5, 0.6) is 0 Å². The van der Waals surface area contributed by atoms with Crippen LogP contribution in [0.4, 0.5) is 15.9 Å². The number of methoxy groups -OCH3 is 1. The normalized spacial score (nSPS) is 10.8. The molecule has 2 rings (SSSR count). The Morgan fingerprint density at radius 2 is 2.04 bits per heavy atom. The van der Waals surface area contributed by atoms with Crippen LogP contribution in [0.15, 0.2) is 33.9 Å². The minimum absolute atomic E-state index is 0.0292. The number of halogens is 1. The van der Waals surface area contributed by atoms with E-state index in [1.807, 2.05) is 6.92 Å². The Balaban J connectivity index is 2.49. The highest BCUT2D eigenvalue weighted by atomic mass is 19.1. The zero-order valence-electron chi connectivity index (χ0n) is 15.3. The Kier molecular flexibility index (Phi) is 6.89. The van der Waals surface area contributed by atoms with Crippen molar-refractivity contribution in [2.75, 3.05) is 30.9 Å². The summed E-state index contributed by atoms with van der Waals surface area (Å²) in [5.74, 6) is -1.16. The molecule has 3 N–H and O–H groups in total. The van der Waals surface area contributed by atoms with Gasteiger partial charge < -0.3 is 15.4 Å². The van der Waals surface area contributed by atoms with E-state index in [0.29, 0.717) is 6.42 Å². The molecule has 1 amide bonds. The Morgan fingerprint density at radius 3 is 2.67 bits per heavy atom. The summed E-state index contributed by atoms with van der Waals surface area (Å²) < 4.78 is 20.1. The SMILES string of the molecule is CCCn1c(N)c(N(CCOC)C(=O)Cc2ccccc2F)c(=O)[nH]c1=O. The second kappa shape index (κ2) is 9.13. The highest BCUT2D eigenvalue weighted by molar-refractivity contribution is 5.96. The van der Waals surface area contributed by atoms with E-state index < -0.39 is 23.0 Å². The minimum Gasteiger partial charge on any atom is -0.383 e. The molecule has 0 radical (unpaired) electrons. The Hall–Kier alpha value is -2.94. The number of ether oxygens (including phenoxy) is 1. The predicted molar refractivity (Wildman–Crippen MR) is 100 cm³/mol. The number of nitrogens with one attached hydrogen (secondary N) is 1. The number of benzene rings is 1. The Bertz CT molecular complexity index is 922. The van der Waals surface area contributed by atoms with Crippen LogP contribution in [0.3, 0.4) is 0 Å².